The summed E-state index contributed by atoms with van der Waals surface area (Å²) in [5, 5.41) is 3.70. The molecule has 19 heavy (non-hydrogen) atoms. The Morgan fingerprint density at radius 3 is 2.95 bits per heavy atom. The maximum atomic E-state index is 6.07. The lowest BCUT2D eigenvalue weighted by molar-refractivity contribution is 0.249. The van der Waals surface area contributed by atoms with Crippen LogP contribution in [0.15, 0.2) is 18.5 Å². The van der Waals surface area contributed by atoms with E-state index in [-0.39, 0.29) is 0 Å². The van der Waals surface area contributed by atoms with Crippen LogP contribution < -0.4 is 11.1 Å². The third-order valence-electron chi connectivity index (χ3n) is 5.16. The van der Waals surface area contributed by atoms with Crippen LogP contribution in [0.2, 0.25) is 0 Å². The standard InChI is InChI=1S/C16H25N3/c1-2-19-16(9-13-10-18-6-5-15(13)17)14-8-11-3-4-12(14)7-11/h5-6,10-12,14,16,19H,2-4,7-9H2,1H3,(H2,17,18). The molecule has 3 N–H and O–H groups in total. The second kappa shape index (κ2) is 5.49. The maximum absolute atomic E-state index is 6.07. The van der Waals surface area contributed by atoms with Gasteiger partial charge >= 0.3 is 0 Å². The highest BCUT2D eigenvalue weighted by Crippen LogP contribution is 2.49. The fraction of sp³-hybridized carbons (Fsp3) is 0.688. The van der Waals surface area contributed by atoms with Crippen molar-refractivity contribution in [2.75, 3.05) is 12.3 Å². The Morgan fingerprint density at radius 1 is 1.42 bits per heavy atom. The molecule has 2 bridgehead atoms. The van der Waals surface area contributed by atoms with Gasteiger partial charge in [-0.05, 0) is 61.6 Å². The lowest BCUT2D eigenvalue weighted by Crippen LogP contribution is -2.40. The molecule has 4 atom stereocenters. The summed E-state index contributed by atoms with van der Waals surface area (Å²) in [5.41, 5.74) is 8.17. The van der Waals surface area contributed by atoms with Crippen LogP contribution >= 0.6 is 0 Å². The summed E-state index contributed by atoms with van der Waals surface area (Å²) in [7, 11) is 0. The Kier molecular flexibility index (Phi) is 3.74. The largest absolute Gasteiger partial charge is 0.398 e. The predicted octanol–water partition coefficient (Wildman–Crippen LogP) is 2.62. The van der Waals surface area contributed by atoms with Gasteiger partial charge in [0.25, 0.3) is 0 Å². The zero-order valence-corrected chi connectivity index (χ0v) is 11.8. The second-order valence-electron chi connectivity index (χ2n) is 6.28. The number of nitrogen functional groups attached to an aromatic ring is 1. The van der Waals surface area contributed by atoms with E-state index >= 15 is 0 Å². The smallest absolute Gasteiger partial charge is 0.0378 e. The van der Waals surface area contributed by atoms with Gasteiger partial charge in [0.15, 0.2) is 0 Å². The SMILES string of the molecule is CCNC(Cc1cnccc1N)C1CC2CCC1C2. The lowest BCUT2D eigenvalue weighted by atomic mass is 9.81. The van der Waals surface area contributed by atoms with Crippen LogP contribution in [0.25, 0.3) is 0 Å². The summed E-state index contributed by atoms with van der Waals surface area (Å²) in [5.74, 6) is 2.80. The molecule has 1 aromatic heterocycles. The summed E-state index contributed by atoms with van der Waals surface area (Å²) in [6.45, 7) is 3.24. The van der Waals surface area contributed by atoms with Crippen molar-refractivity contribution < 1.29 is 0 Å². The van der Waals surface area contributed by atoms with Crippen molar-refractivity contribution in [2.45, 2.75) is 45.1 Å². The van der Waals surface area contributed by atoms with Crippen LogP contribution in [0, 0.1) is 17.8 Å². The van der Waals surface area contributed by atoms with Crippen LogP contribution in [0.1, 0.15) is 38.2 Å². The van der Waals surface area contributed by atoms with E-state index in [0.29, 0.717) is 6.04 Å². The van der Waals surface area contributed by atoms with Crippen LogP contribution in [0.5, 0.6) is 0 Å². The van der Waals surface area contributed by atoms with Gasteiger partial charge in [0.05, 0.1) is 0 Å². The van der Waals surface area contributed by atoms with Gasteiger partial charge in [-0.1, -0.05) is 13.3 Å². The molecular weight excluding hydrogens is 234 g/mol. The quantitative estimate of drug-likeness (QED) is 0.854. The number of aromatic nitrogens is 1. The third kappa shape index (κ3) is 2.62. The van der Waals surface area contributed by atoms with Crippen LogP contribution in [0.4, 0.5) is 5.69 Å². The third-order valence-corrected chi connectivity index (χ3v) is 5.16. The van der Waals surface area contributed by atoms with E-state index in [1.54, 1.807) is 6.20 Å². The van der Waals surface area contributed by atoms with Crippen LogP contribution in [0.3, 0.4) is 0 Å². The Bertz CT molecular complexity index is 432. The number of nitrogens with one attached hydrogen (secondary N) is 1. The van der Waals surface area contributed by atoms with Gasteiger partial charge in [0.1, 0.15) is 0 Å². The Hall–Kier alpha value is -1.09. The van der Waals surface area contributed by atoms with E-state index < -0.39 is 0 Å². The highest BCUT2D eigenvalue weighted by Gasteiger charge is 2.42. The fourth-order valence-corrected chi connectivity index (χ4v) is 4.27. The molecule has 2 aliphatic carbocycles. The van der Waals surface area contributed by atoms with E-state index in [0.717, 1.165) is 36.4 Å². The van der Waals surface area contributed by atoms with E-state index in [9.17, 15) is 0 Å². The fourth-order valence-electron chi connectivity index (χ4n) is 4.27. The summed E-state index contributed by atoms with van der Waals surface area (Å²) in [6.07, 6.45) is 10.5. The first-order valence-corrected chi connectivity index (χ1v) is 7.69. The molecule has 0 radical (unpaired) electrons. The summed E-state index contributed by atoms with van der Waals surface area (Å²) < 4.78 is 0. The number of nitrogens with zero attached hydrogens (tertiary/aromatic N) is 1. The first-order chi connectivity index (χ1) is 9.28. The van der Waals surface area contributed by atoms with Crippen molar-refractivity contribution in [3.05, 3.63) is 24.0 Å². The number of pyridine rings is 1. The molecule has 2 aliphatic rings. The molecule has 3 heteroatoms. The normalized spacial score (nSPS) is 30.7. The Balaban J connectivity index is 1.73. The monoisotopic (exact) mass is 259 g/mol. The van der Waals surface area contributed by atoms with E-state index in [1.807, 2.05) is 12.3 Å². The predicted molar refractivity (Wildman–Crippen MR) is 78.8 cm³/mol. The zero-order chi connectivity index (χ0) is 13.2. The highest BCUT2D eigenvalue weighted by molar-refractivity contribution is 5.44. The summed E-state index contributed by atoms with van der Waals surface area (Å²) in [4.78, 5) is 4.23. The topological polar surface area (TPSA) is 50.9 Å². The van der Waals surface area contributed by atoms with Crippen molar-refractivity contribution >= 4 is 5.69 Å². The van der Waals surface area contributed by atoms with E-state index in [4.69, 9.17) is 5.73 Å². The Morgan fingerprint density at radius 2 is 2.32 bits per heavy atom. The van der Waals surface area contributed by atoms with Gasteiger partial charge in [-0.2, -0.15) is 0 Å². The van der Waals surface area contributed by atoms with Crippen molar-refractivity contribution in [3.63, 3.8) is 0 Å². The minimum Gasteiger partial charge on any atom is -0.398 e. The van der Waals surface area contributed by atoms with Gasteiger partial charge < -0.3 is 11.1 Å². The lowest BCUT2D eigenvalue weighted by Gasteiger charge is -2.31. The molecule has 0 saturated heterocycles. The molecule has 3 nitrogen and oxygen atoms in total. The first-order valence-electron chi connectivity index (χ1n) is 7.69. The average Bonchev–Trinajstić information content (AvgIpc) is 3.03. The molecular formula is C16H25N3. The van der Waals surface area contributed by atoms with Crippen LogP contribution in [-0.4, -0.2) is 17.6 Å². The van der Waals surface area contributed by atoms with Crippen molar-refractivity contribution in [2.24, 2.45) is 17.8 Å². The highest BCUT2D eigenvalue weighted by atomic mass is 14.9. The molecule has 0 spiro atoms. The van der Waals surface area contributed by atoms with Crippen molar-refractivity contribution in [1.82, 2.24) is 10.3 Å². The summed E-state index contributed by atoms with van der Waals surface area (Å²) >= 11 is 0. The molecule has 1 aromatic rings. The minimum absolute atomic E-state index is 0.576. The minimum atomic E-state index is 0.576. The number of hydrogen-bond acceptors (Lipinski definition) is 3. The van der Waals surface area contributed by atoms with E-state index in [1.165, 1.54) is 31.2 Å². The molecule has 1 heterocycles. The van der Waals surface area contributed by atoms with Gasteiger partial charge in [0, 0.05) is 24.1 Å². The summed E-state index contributed by atoms with van der Waals surface area (Å²) in [6, 6.07) is 2.49. The number of rotatable bonds is 5. The van der Waals surface area contributed by atoms with Crippen molar-refractivity contribution in [1.29, 1.82) is 0 Å². The molecule has 2 saturated carbocycles. The number of anilines is 1. The van der Waals surface area contributed by atoms with Gasteiger partial charge in [-0.15, -0.1) is 0 Å². The number of hydrogen-bond donors (Lipinski definition) is 2. The van der Waals surface area contributed by atoms with Crippen LogP contribution in [-0.2, 0) is 6.42 Å². The van der Waals surface area contributed by atoms with Crippen molar-refractivity contribution in [3.8, 4) is 0 Å². The second-order valence-corrected chi connectivity index (χ2v) is 6.28. The maximum Gasteiger partial charge on any atom is 0.0378 e. The molecule has 3 rings (SSSR count). The van der Waals surface area contributed by atoms with Gasteiger partial charge in [0.2, 0.25) is 0 Å². The van der Waals surface area contributed by atoms with Gasteiger partial charge in [-0.25, -0.2) is 0 Å². The molecule has 104 valence electrons. The molecule has 2 fully saturated rings. The first kappa shape index (κ1) is 12.9. The number of nitrogens with two attached hydrogens (primary N) is 1. The zero-order valence-electron chi connectivity index (χ0n) is 11.8. The average molecular weight is 259 g/mol. The Labute approximate surface area is 116 Å². The molecule has 0 aliphatic heterocycles. The number of fused-ring (bicyclic) bond motifs is 2. The molecule has 0 aromatic carbocycles. The molecule has 0 amide bonds. The molecule has 4 unspecified atom stereocenters. The van der Waals surface area contributed by atoms with Gasteiger partial charge in [-0.3, -0.25) is 4.98 Å². The number of likely N-dealkylation sites (N-methyl/N-ethyl adjacent to an activating group) is 1. The van der Waals surface area contributed by atoms with E-state index in [2.05, 4.69) is 17.2 Å².